The Bertz CT molecular complexity index is 1400. The molecule has 0 radical (unpaired) electrons. The fourth-order valence-electron chi connectivity index (χ4n) is 3.83. The minimum atomic E-state index is -0.371. The molecule has 38 heavy (non-hydrogen) atoms. The van der Waals surface area contributed by atoms with Gasteiger partial charge in [-0.25, -0.2) is 9.48 Å². The molecule has 0 fully saturated rings. The lowest BCUT2D eigenvalue weighted by atomic mass is 10.1. The topological polar surface area (TPSA) is 79.3 Å². The van der Waals surface area contributed by atoms with Crippen molar-refractivity contribution in [3.8, 4) is 16.9 Å². The van der Waals surface area contributed by atoms with Crippen LogP contribution in [0.5, 0.6) is 0 Å². The van der Waals surface area contributed by atoms with Gasteiger partial charge in [0, 0.05) is 33.9 Å². The Hall–Kier alpha value is -3.81. The number of rotatable bonds is 9. The van der Waals surface area contributed by atoms with E-state index >= 15 is 0 Å². The standard InChI is InChI=1S/C29H29Cl2N5O2/c1-3-4-16-35(29(38)32-23-13-10-20(2)25(31)17-23)19-28(37)33-27-18-26(21-8-6-5-7-9-21)34-36(27)24-14-11-22(30)12-15-24/h5-15,17-18H,3-4,16,19H2,1-2H3,(H,32,38)(H,33,37). The fourth-order valence-corrected chi connectivity index (χ4v) is 4.14. The van der Waals surface area contributed by atoms with Crippen LogP contribution < -0.4 is 10.6 Å². The van der Waals surface area contributed by atoms with E-state index in [1.807, 2.05) is 68.4 Å². The van der Waals surface area contributed by atoms with Crippen LogP contribution in [0.4, 0.5) is 16.3 Å². The van der Waals surface area contributed by atoms with Crippen LogP contribution in [0, 0.1) is 6.92 Å². The third-order valence-electron chi connectivity index (χ3n) is 5.94. The molecule has 1 heterocycles. The predicted octanol–water partition coefficient (Wildman–Crippen LogP) is 7.43. The molecule has 0 aliphatic rings. The Morgan fingerprint density at radius 3 is 2.37 bits per heavy atom. The maximum absolute atomic E-state index is 13.2. The zero-order valence-corrected chi connectivity index (χ0v) is 22.8. The number of aryl methyl sites for hydroxylation is 1. The van der Waals surface area contributed by atoms with Gasteiger partial charge in [0.2, 0.25) is 5.91 Å². The minimum absolute atomic E-state index is 0.127. The molecule has 7 nitrogen and oxygen atoms in total. The molecule has 4 rings (SSSR count). The molecule has 0 saturated carbocycles. The number of carbonyl (C=O) groups is 2. The fraction of sp³-hybridized carbons (Fsp3) is 0.207. The van der Waals surface area contributed by atoms with Gasteiger partial charge in [0.25, 0.3) is 0 Å². The molecule has 0 bridgehead atoms. The number of hydrogen-bond donors (Lipinski definition) is 2. The zero-order valence-electron chi connectivity index (χ0n) is 21.2. The Balaban J connectivity index is 1.55. The highest BCUT2D eigenvalue weighted by Crippen LogP contribution is 2.26. The average Bonchev–Trinajstić information content (AvgIpc) is 3.33. The summed E-state index contributed by atoms with van der Waals surface area (Å²) in [6.07, 6.45) is 1.64. The maximum atomic E-state index is 13.2. The summed E-state index contributed by atoms with van der Waals surface area (Å²) < 4.78 is 1.65. The second kappa shape index (κ2) is 12.6. The van der Waals surface area contributed by atoms with Crippen molar-refractivity contribution >= 4 is 46.6 Å². The number of anilines is 2. The second-order valence-corrected chi connectivity index (χ2v) is 9.73. The van der Waals surface area contributed by atoms with E-state index in [4.69, 9.17) is 28.3 Å². The molecule has 0 unspecified atom stereocenters. The number of amides is 3. The second-order valence-electron chi connectivity index (χ2n) is 8.89. The van der Waals surface area contributed by atoms with Crippen LogP contribution in [0.15, 0.2) is 78.9 Å². The van der Waals surface area contributed by atoms with Gasteiger partial charge in [-0.05, 0) is 55.3 Å². The summed E-state index contributed by atoms with van der Waals surface area (Å²) >= 11 is 12.3. The highest BCUT2D eigenvalue weighted by molar-refractivity contribution is 6.31. The van der Waals surface area contributed by atoms with E-state index in [0.717, 1.165) is 29.7 Å². The summed E-state index contributed by atoms with van der Waals surface area (Å²) in [5, 5.41) is 11.7. The summed E-state index contributed by atoms with van der Waals surface area (Å²) in [4.78, 5) is 27.8. The monoisotopic (exact) mass is 549 g/mol. The first kappa shape index (κ1) is 27.2. The third kappa shape index (κ3) is 6.94. The predicted molar refractivity (Wildman–Crippen MR) is 154 cm³/mol. The number of halogens is 2. The summed E-state index contributed by atoms with van der Waals surface area (Å²) in [5.74, 6) is 0.144. The van der Waals surface area contributed by atoms with Crippen molar-refractivity contribution in [3.63, 3.8) is 0 Å². The summed E-state index contributed by atoms with van der Waals surface area (Å²) in [5.41, 5.74) is 3.84. The van der Waals surface area contributed by atoms with E-state index < -0.39 is 0 Å². The molecule has 0 saturated heterocycles. The van der Waals surface area contributed by atoms with Crippen molar-refractivity contribution in [3.05, 3.63) is 94.5 Å². The van der Waals surface area contributed by atoms with Crippen molar-refractivity contribution in [2.75, 3.05) is 23.7 Å². The largest absolute Gasteiger partial charge is 0.322 e. The molecular formula is C29H29Cl2N5O2. The molecule has 4 aromatic rings. The van der Waals surface area contributed by atoms with Gasteiger partial charge in [0.1, 0.15) is 12.4 Å². The lowest BCUT2D eigenvalue weighted by molar-refractivity contribution is -0.116. The van der Waals surface area contributed by atoms with Crippen molar-refractivity contribution in [2.45, 2.75) is 26.7 Å². The molecule has 1 aromatic heterocycles. The van der Waals surface area contributed by atoms with E-state index in [1.54, 1.807) is 28.9 Å². The highest BCUT2D eigenvalue weighted by Gasteiger charge is 2.20. The molecule has 0 spiro atoms. The van der Waals surface area contributed by atoms with Crippen LogP contribution in [-0.2, 0) is 4.79 Å². The van der Waals surface area contributed by atoms with Crippen LogP contribution >= 0.6 is 23.2 Å². The maximum Gasteiger partial charge on any atom is 0.322 e. The Morgan fingerprint density at radius 2 is 1.68 bits per heavy atom. The number of urea groups is 1. The minimum Gasteiger partial charge on any atom is -0.315 e. The zero-order chi connectivity index (χ0) is 27.1. The Labute approximate surface area is 232 Å². The van der Waals surface area contributed by atoms with Gasteiger partial charge in [0.05, 0.1) is 11.4 Å². The Kier molecular flexibility index (Phi) is 9.05. The van der Waals surface area contributed by atoms with E-state index in [1.165, 1.54) is 4.90 Å². The van der Waals surface area contributed by atoms with Crippen molar-refractivity contribution in [1.82, 2.24) is 14.7 Å². The number of carbonyl (C=O) groups excluding carboxylic acids is 2. The van der Waals surface area contributed by atoms with Crippen molar-refractivity contribution in [1.29, 1.82) is 0 Å². The lowest BCUT2D eigenvalue weighted by Gasteiger charge is -2.22. The van der Waals surface area contributed by atoms with E-state index in [-0.39, 0.29) is 18.5 Å². The SMILES string of the molecule is CCCCN(CC(=O)Nc1cc(-c2ccccc2)nn1-c1ccc(Cl)cc1)C(=O)Nc1ccc(C)c(Cl)c1. The first-order valence-electron chi connectivity index (χ1n) is 12.4. The Morgan fingerprint density at radius 1 is 0.947 bits per heavy atom. The van der Waals surface area contributed by atoms with E-state index in [2.05, 4.69) is 10.6 Å². The molecule has 0 aliphatic carbocycles. The number of unbranched alkanes of at least 4 members (excludes halogenated alkanes) is 1. The number of nitrogens with one attached hydrogen (secondary N) is 2. The van der Waals surface area contributed by atoms with Gasteiger partial charge >= 0.3 is 6.03 Å². The molecule has 3 aromatic carbocycles. The summed E-state index contributed by atoms with van der Waals surface area (Å²) in [6.45, 7) is 4.23. The van der Waals surface area contributed by atoms with Crippen LogP contribution in [0.3, 0.4) is 0 Å². The van der Waals surface area contributed by atoms with Crippen LogP contribution in [0.1, 0.15) is 25.3 Å². The number of aromatic nitrogens is 2. The van der Waals surface area contributed by atoms with Gasteiger partial charge in [-0.15, -0.1) is 0 Å². The van der Waals surface area contributed by atoms with Gasteiger partial charge in [-0.3, -0.25) is 4.79 Å². The van der Waals surface area contributed by atoms with Crippen LogP contribution in [0.2, 0.25) is 10.0 Å². The lowest BCUT2D eigenvalue weighted by Crippen LogP contribution is -2.41. The number of nitrogens with zero attached hydrogens (tertiary/aromatic N) is 3. The highest BCUT2D eigenvalue weighted by atomic mass is 35.5. The average molecular weight is 550 g/mol. The van der Waals surface area contributed by atoms with Gasteiger partial charge in [0.15, 0.2) is 0 Å². The van der Waals surface area contributed by atoms with Crippen molar-refractivity contribution in [2.24, 2.45) is 0 Å². The third-order valence-corrected chi connectivity index (χ3v) is 6.60. The molecule has 9 heteroatoms. The molecule has 0 atom stereocenters. The van der Waals surface area contributed by atoms with E-state index in [9.17, 15) is 9.59 Å². The molecular weight excluding hydrogens is 521 g/mol. The summed E-state index contributed by atoms with van der Waals surface area (Å²) in [6, 6.07) is 23.6. The number of benzene rings is 3. The molecule has 2 N–H and O–H groups in total. The first-order chi connectivity index (χ1) is 18.3. The van der Waals surface area contributed by atoms with E-state index in [0.29, 0.717) is 33.8 Å². The first-order valence-corrected chi connectivity index (χ1v) is 13.1. The smallest absolute Gasteiger partial charge is 0.315 e. The molecule has 0 aliphatic heterocycles. The molecule has 3 amide bonds. The van der Waals surface area contributed by atoms with Crippen LogP contribution in [0.25, 0.3) is 16.9 Å². The van der Waals surface area contributed by atoms with Crippen molar-refractivity contribution < 1.29 is 9.59 Å². The van der Waals surface area contributed by atoms with Gasteiger partial charge in [-0.2, -0.15) is 5.10 Å². The van der Waals surface area contributed by atoms with Crippen LogP contribution in [-0.4, -0.2) is 39.7 Å². The number of hydrogen-bond acceptors (Lipinski definition) is 3. The van der Waals surface area contributed by atoms with Gasteiger partial charge < -0.3 is 15.5 Å². The quantitative estimate of drug-likeness (QED) is 0.228. The summed E-state index contributed by atoms with van der Waals surface area (Å²) in [7, 11) is 0. The molecule has 196 valence electrons. The van der Waals surface area contributed by atoms with Gasteiger partial charge in [-0.1, -0.05) is 72.9 Å². The normalized spacial score (nSPS) is 10.7.